The monoisotopic (exact) mass is 329 g/mol. The van der Waals surface area contributed by atoms with Crippen LogP contribution in [0.15, 0.2) is 22.7 Å². The van der Waals surface area contributed by atoms with Gasteiger partial charge in [0.1, 0.15) is 15.8 Å². The van der Waals surface area contributed by atoms with E-state index in [9.17, 15) is 4.39 Å². The molecule has 0 unspecified atom stereocenters. The summed E-state index contributed by atoms with van der Waals surface area (Å²) < 4.78 is 14.1. The molecule has 1 heterocycles. The van der Waals surface area contributed by atoms with Crippen LogP contribution < -0.4 is 5.32 Å². The lowest BCUT2D eigenvalue weighted by Gasteiger charge is -1.99. The first-order chi connectivity index (χ1) is 8.70. The molecular formula is C12H13BrFN3S. The summed E-state index contributed by atoms with van der Waals surface area (Å²) in [6.07, 6.45) is 1.92. The van der Waals surface area contributed by atoms with Crippen molar-refractivity contribution in [1.82, 2.24) is 15.5 Å². The number of rotatable bonds is 5. The summed E-state index contributed by atoms with van der Waals surface area (Å²) in [7, 11) is 1.93. The average molecular weight is 330 g/mol. The highest BCUT2D eigenvalue weighted by atomic mass is 79.9. The van der Waals surface area contributed by atoms with Gasteiger partial charge in [-0.1, -0.05) is 27.3 Å². The Bertz CT molecular complexity index is 530. The molecule has 0 saturated heterocycles. The Balaban J connectivity index is 2.16. The molecule has 0 aliphatic rings. The van der Waals surface area contributed by atoms with Gasteiger partial charge in [-0.15, -0.1) is 10.2 Å². The topological polar surface area (TPSA) is 37.8 Å². The molecule has 0 fully saturated rings. The second kappa shape index (κ2) is 6.36. The van der Waals surface area contributed by atoms with Crippen LogP contribution in [0.1, 0.15) is 11.4 Å². The lowest BCUT2D eigenvalue weighted by molar-refractivity contribution is 0.628. The SMILES string of the molecule is CNCCCc1nnc(-c2cc(F)ccc2Br)s1. The summed E-state index contributed by atoms with van der Waals surface area (Å²) in [4.78, 5) is 0. The molecular weight excluding hydrogens is 317 g/mol. The molecule has 0 bridgehead atoms. The molecule has 0 aliphatic heterocycles. The molecule has 6 heteroatoms. The van der Waals surface area contributed by atoms with Crippen LogP contribution in [0.25, 0.3) is 10.6 Å². The number of nitrogens with one attached hydrogen (secondary N) is 1. The molecule has 0 spiro atoms. The summed E-state index contributed by atoms with van der Waals surface area (Å²) in [5.74, 6) is -0.264. The van der Waals surface area contributed by atoms with Gasteiger partial charge in [0.05, 0.1) is 0 Å². The summed E-state index contributed by atoms with van der Waals surface area (Å²) in [6.45, 7) is 0.957. The van der Waals surface area contributed by atoms with Gasteiger partial charge in [0.2, 0.25) is 0 Å². The van der Waals surface area contributed by atoms with Gasteiger partial charge in [-0.05, 0) is 38.2 Å². The molecule has 0 aliphatic carbocycles. The van der Waals surface area contributed by atoms with Crippen LogP contribution in [0.4, 0.5) is 4.39 Å². The zero-order chi connectivity index (χ0) is 13.0. The van der Waals surface area contributed by atoms with Gasteiger partial charge in [0.15, 0.2) is 0 Å². The minimum atomic E-state index is -0.264. The minimum absolute atomic E-state index is 0.264. The Morgan fingerprint density at radius 2 is 2.22 bits per heavy atom. The number of halogens is 2. The maximum absolute atomic E-state index is 13.2. The maximum Gasteiger partial charge on any atom is 0.149 e. The quantitative estimate of drug-likeness (QED) is 0.855. The van der Waals surface area contributed by atoms with Crippen LogP contribution in [0.2, 0.25) is 0 Å². The van der Waals surface area contributed by atoms with Gasteiger partial charge in [-0.25, -0.2) is 4.39 Å². The van der Waals surface area contributed by atoms with E-state index in [-0.39, 0.29) is 5.82 Å². The fourth-order valence-corrected chi connectivity index (χ4v) is 3.02. The van der Waals surface area contributed by atoms with Crippen molar-refractivity contribution in [2.24, 2.45) is 0 Å². The van der Waals surface area contributed by atoms with E-state index in [0.717, 1.165) is 39.4 Å². The molecule has 96 valence electrons. The number of nitrogens with zero attached hydrogens (tertiary/aromatic N) is 2. The van der Waals surface area contributed by atoms with Crippen LogP contribution in [0.3, 0.4) is 0 Å². The van der Waals surface area contributed by atoms with Crippen LogP contribution >= 0.6 is 27.3 Å². The largest absolute Gasteiger partial charge is 0.320 e. The van der Waals surface area contributed by atoms with Crippen molar-refractivity contribution in [1.29, 1.82) is 0 Å². The van der Waals surface area contributed by atoms with Gasteiger partial charge in [-0.3, -0.25) is 0 Å². The molecule has 2 aromatic rings. The van der Waals surface area contributed by atoms with E-state index in [1.165, 1.54) is 23.5 Å². The van der Waals surface area contributed by atoms with Gasteiger partial charge in [0.25, 0.3) is 0 Å². The van der Waals surface area contributed by atoms with E-state index in [0.29, 0.717) is 0 Å². The van der Waals surface area contributed by atoms with Crippen LogP contribution in [-0.4, -0.2) is 23.8 Å². The minimum Gasteiger partial charge on any atom is -0.320 e. The fourth-order valence-electron chi connectivity index (χ4n) is 1.54. The van der Waals surface area contributed by atoms with Gasteiger partial charge in [0, 0.05) is 16.5 Å². The van der Waals surface area contributed by atoms with Crippen molar-refractivity contribution >= 4 is 27.3 Å². The normalized spacial score (nSPS) is 10.8. The third-order valence-electron chi connectivity index (χ3n) is 2.44. The summed E-state index contributed by atoms with van der Waals surface area (Å²) in [5, 5.41) is 13.1. The molecule has 0 atom stereocenters. The van der Waals surface area contributed by atoms with Crippen LogP contribution in [-0.2, 0) is 6.42 Å². The molecule has 18 heavy (non-hydrogen) atoms. The molecule has 3 nitrogen and oxygen atoms in total. The first-order valence-electron chi connectivity index (χ1n) is 5.63. The molecule has 0 radical (unpaired) electrons. The van der Waals surface area contributed by atoms with Crippen molar-refractivity contribution < 1.29 is 4.39 Å². The van der Waals surface area contributed by atoms with E-state index in [1.807, 2.05) is 7.05 Å². The first kappa shape index (κ1) is 13.6. The van der Waals surface area contributed by atoms with E-state index >= 15 is 0 Å². The van der Waals surface area contributed by atoms with Crippen molar-refractivity contribution in [2.45, 2.75) is 12.8 Å². The van der Waals surface area contributed by atoms with Crippen molar-refractivity contribution in [3.63, 3.8) is 0 Å². The van der Waals surface area contributed by atoms with Crippen LogP contribution in [0, 0.1) is 5.82 Å². The van der Waals surface area contributed by atoms with Gasteiger partial charge < -0.3 is 5.32 Å². The van der Waals surface area contributed by atoms with E-state index in [1.54, 1.807) is 6.07 Å². The van der Waals surface area contributed by atoms with Crippen molar-refractivity contribution in [3.05, 3.63) is 33.5 Å². The molecule has 0 amide bonds. The molecule has 0 saturated carbocycles. The second-order valence-corrected chi connectivity index (χ2v) is 5.75. The predicted molar refractivity (Wildman–Crippen MR) is 75.3 cm³/mol. The zero-order valence-electron chi connectivity index (χ0n) is 9.91. The van der Waals surface area contributed by atoms with Gasteiger partial charge in [-0.2, -0.15) is 0 Å². The highest BCUT2D eigenvalue weighted by molar-refractivity contribution is 9.10. The Morgan fingerprint density at radius 1 is 1.39 bits per heavy atom. The van der Waals surface area contributed by atoms with E-state index < -0.39 is 0 Å². The van der Waals surface area contributed by atoms with Gasteiger partial charge >= 0.3 is 0 Å². The maximum atomic E-state index is 13.2. The molecule has 1 aromatic heterocycles. The fraction of sp³-hybridized carbons (Fsp3) is 0.333. The summed E-state index contributed by atoms with van der Waals surface area (Å²) in [5.41, 5.74) is 0.757. The Labute approximate surface area is 118 Å². The third kappa shape index (κ3) is 3.34. The van der Waals surface area contributed by atoms with E-state index in [2.05, 4.69) is 31.4 Å². The second-order valence-electron chi connectivity index (χ2n) is 3.83. The predicted octanol–water partition coefficient (Wildman–Crippen LogP) is 3.26. The number of benzene rings is 1. The number of hydrogen-bond acceptors (Lipinski definition) is 4. The first-order valence-corrected chi connectivity index (χ1v) is 7.24. The number of aryl methyl sites for hydroxylation is 1. The summed E-state index contributed by atoms with van der Waals surface area (Å²) >= 11 is 4.92. The lowest BCUT2D eigenvalue weighted by Crippen LogP contribution is -2.08. The Hall–Kier alpha value is -0.850. The number of hydrogen-bond donors (Lipinski definition) is 1. The third-order valence-corrected chi connectivity index (χ3v) is 4.15. The van der Waals surface area contributed by atoms with E-state index in [4.69, 9.17) is 0 Å². The molecule has 1 N–H and O–H groups in total. The smallest absolute Gasteiger partial charge is 0.149 e. The van der Waals surface area contributed by atoms with Crippen molar-refractivity contribution in [2.75, 3.05) is 13.6 Å². The highest BCUT2D eigenvalue weighted by Crippen LogP contribution is 2.31. The van der Waals surface area contributed by atoms with Crippen LogP contribution in [0.5, 0.6) is 0 Å². The summed E-state index contributed by atoms with van der Waals surface area (Å²) in [6, 6.07) is 4.58. The standard InChI is InChI=1S/C12H13BrFN3S/c1-15-6-2-3-11-16-17-12(18-11)9-7-8(14)4-5-10(9)13/h4-5,7,15H,2-3,6H2,1H3. The zero-order valence-corrected chi connectivity index (χ0v) is 12.3. The highest BCUT2D eigenvalue weighted by Gasteiger charge is 2.10. The Morgan fingerprint density at radius 3 is 3.00 bits per heavy atom. The number of aromatic nitrogens is 2. The molecule has 2 rings (SSSR count). The average Bonchev–Trinajstić information content (AvgIpc) is 2.81. The Kier molecular flexibility index (Phi) is 4.79. The lowest BCUT2D eigenvalue weighted by atomic mass is 10.2. The molecule has 1 aromatic carbocycles. The van der Waals surface area contributed by atoms with Crippen molar-refractivity contribution in [3.8, 4) is 10.6 Å².